The lowest BCUT2D eigenvalue weighted by molar-refractivity contribution is -0.148. The number of benzene rings is 2. The molecule has 0 bridgehead atoms. The summed E-state index contributed by atoms with van der Waals surface area (Å²) in [6.45, 7) is 2.40. The number of aromatic nitrogens is 1. The highest BCUT2D eigenvalue weighted by Gasteiger charge is 2.36. The molecule has 8 nitrogen and oxygen atoms in total. The molecule has 0 unspecified atom stereocenters. The molecule has 1 aliphatic carbocycles. The van der Waals surface area contributed by atoms with Gasteiger partial charge in [0.2, 0.25) is 5.91 Å². The van der Waals surface area contributed by atoms with Gasteiger partial charge in [0.1, 0.15) is 5.82 Å². The number of aryl methyl sites for hydroxylation is 1. The third-order valence-electron chi connectivity index (χ3n) is 8.67. The molecule has 1 aromatic heterocycles. The number of anilines is 1. The molecule has 10 heteroatoms. The normalized spacial score (nSPS) is 22.4. The number of likely N-dealkylation sites (tertiary alicyclic amines) is 1. The smallest absolute Gasteiger partial charge is 0.308 e. The Bertz CT molecular complexity index is 1480. The zero-order valence-electron chi connectivity index (χ0n) is 24.2. The molecule has 3 aromatic rings. The van der Waals surface area contributed by atoms with Crippen molar-refractivity contribution in [2.45, 2.75) is 70.1 Å². The van der Waals surface area contributed by atoms with Crippen LogP contribution in [0.1, 0.15) is 61.4 Å². The minimum atomic E-state index is -0.608. The van der Waals surface area contributed by atoms with Crippen LogP contribution in [0.3, 0.4) is 0 Å². The molecular weight excluding hydrogens is 561 g/mol. The van der Waals surface area contributed by atoms with E-state index in [1.165, 1.54) is 19.2 Å². The average molecular weight is 598 g/mol. The maximum atomic E-state index is 15.2. The van der Waals surface area contributed by atoms with Crippen LogP contribution in [0.4, 0.5) is 10.1 Å². The molecule has 2 amide bonds. The number of nitrogens with one attached hydrogen (secondary N) is 1. The SMILES string of the molecule is COC(=O)[C@H]1CC[C@H](OC[C@@H]2CC[C@H](C)N2C(=O)Cc2cc(Cl)c(NC(=O)c3cn(C)c4ccccc34)cc2F)CC1. The van der Waals surface area contributed by atoms with E-state index in [0.717, 1.165) is 49.4 Å². The molecule has 0 spiro atoms. The number of esters is 1. The van der Waals surface area contributed by atoms with Crippen LogP contribution in [-0.2, 0) is 32.5 Å². The van der Waals surface area contributed by atoms with E-state index in [-0.39, 0.29) is 58.7 Å². The Kier molecular flexibility index (Phi) is 9.18. The van der Waals surface area contributed by atoms with Crippen LogP contribution in [-0.4, -0.2) is 59.2 Å². The number of para-hydroxylation sites is 1. The molecule has 2 fully saturated rings. The maximum Gasteiger partial charge on any atom is 0.308 e. The zero-order valence-corrected chi connectivity index (χ0v) is 25.0. The zero-order chi connectivity index (χ0) is 30.0. The van der Waals surface area contributed by atoms with Gasteiger partial charge in [-0.3, -0.25) is 14.4 Å². The molecule has 1 saturated heterocycles. The van der Waals surface area contributed by atoms with Gasteiger partial charge in [-0.2, -0.15) is 0 Å². The number of amides is 2. The molecule has 1 aliphatic heterocycles. The first-order valence-electron chi connectivity index (χ1n) is 14.5. The number of hydrogen-bond donors (Lipinski definition) is 1. The predicted octanol–water partition coefficient (Wildman–Crippen LogP) is 5.89. The van der Waals surface area contributed by atoms with E-state index in [9.17, 15) is 14.4 Å². The Labute approximate surface area is 250 Å². The quantitative estimate of drug-likeness (QED) is 0.327. The van der Waals surface area contributed by atoms with Crippen molar-refractivity contribution in [3.8, 4) is 0 Å². The van der Waals surface area contributed by atoms with Crippen molar-refractivity contribution in [2.24, 2.45) is 13.0 Å². The molecule has 1 N–H and O–H groups in total. The average Bonchev–Trinajstić information content (AvgIpc) is 3.53. The summed E-state index contributed by atoms with van der Waals surface area (Å²) in [4.78, 5) is 40.1. The Hall–Kier alpha value is -3.43. The van der Waals surface area contributed by atoms with Gasteiger partial charge in [0.05, 0.1) is 54.5 Å². The molecule has 224 valence electrons. The monoisotopic (exact) mass is 597 g/mol. The van der Waals surface area contributed by atoms with Crippen molar-refractivity contribution in [2.75, 3.05) is 19.0 Å². The van der Waals surface area contributed by atoms with E-state index < -0.39 is 11.7 Å². The number of nitrogens with zero attached hydrogens (tertiary/aromatic N) is 2. The number of ether oxygens (including phenoxy) is 2. The largest absolute Gasteiger partial charge is 0.469 e. The molecular formula is C32H37ClFN3O5. The second-order valence-corrected chi connectivity index (χ2v) is 11.8. The third-order valence-corrected chi connectivity index (χ3v) is 8.99. The van der Waals surface area contributed by atoms with Crippen LogP contribution in [0.2, 0.25) is 5.02 Å². The van der Waals surface area contributed by atoms with Crippen molar-refractivity contribution in [1.29, 1.82) is 0 Å². The van der Waals surface area contributed by atoms with Gasteiger partial charge in [-0.1, -0.05) is 29.8 Å². The second-order valence-electron chi connectivity index (χ2n) is 11.4. The van der Waals surface area contributed by atoms with Gasteiger partial charge in [-0.15, -0.1) is 0 Å². The number of hydrogen-bond acceptors (Lipinski definition) is 5. The fraction of sp³-hybridized carbons (Fsp3) is 0.469. The summed E-state index contributed by atoms with van der Waals surface area (Å²) in [7, 11) is 3.27. The highest BCUT2D eigenvalue weighted by atomic mass is 35.5. The van der Waals surface area contributed by atoms with Crippen molar-refractivity contribution >= 4 is 46.0 Å². The van der Waals surface area contributed by atoms with Crippen LogP contribution in [0.15, 0.2) is 42.6 Å². The highest BCUT2D eigenvalue weighted by molar-refractivity contribution is 6.34. The Balaban J connectivity index is 1.21. The van der Waals surface area contributed by atoms with Crippen LogP contribution in [0.5, 0.6) is 0 Å². The van der Waals surface area contributed by atoms with Crippen molar-refractivity contribution in [1.82, 2.24) is 9.47 Å². The third kappa shape index (κ3) is 6.32. The number of carbonyl (C=O) groups is 3. The Morgan fingerprint density at radius 2 is 1.81 bits per heavy atom. The van der Waals surface area contributed by atoms with E-state index in [0.29, 0.717) is 12.2 Å². The number of fused-ring (bicyclic) bond motifs is 1. The molecule has 42 heavy (non-hydrogen) atoms. The summed E-state index contributed by atoms with van der Waals surface area (Å²) in [5, 5.41) is 3.66. The summed E-state index contributed by atoms with van der Waals surface area (Å²) in [6.07, 6.45) is 6.32. The molecule has 2 heterocycles. The van der Waals surface area contributed by atoms with Crippen molar-refractivity contribution in [3.05, 3.63) is 64.6 Å². The highest BCUT2D eigenvalue weighted by Crippen LogP contribution is 2.32. The maximum absolute atomic E-state index is 15.2. The fourth-order valence-electron chi connectivity index (χ4n) is 6.35. The fourth-order valence-corrected chi connectivity index (χ4v) is 6.58. The van der Waals surface area contributed by atoms with Gasteiger partial charge in [-0.05, 0) is 69.2 Å². The summed E-state index contributed by atoms with van der Waals surface area (Å²) in [5.41, 5.74) is 1.68. The second kappa shape index (κ2) is 12.8. The van der Waals surface area contributed by atoms with E-state index in [1.807, 2.05) is 47.7 Å². The first-order chi connectivity index (χ1) is 20.2. The summed E-state index contributed by atoms with van der Waals surface area (Å²) in [5.74, 6) is -1.43. The summed E-state index contributed by atoms with van der Waals surface area (Å²) < 4.78 is 28.1. The van der Waals surface area contributed by atoms with E-state index in [1.54, 1.807) is 6.20 Å². The minimum Gasteiger partial charge on any atom is -0.469 e. The van der Waals surface area contributed by atoms with E-state index >= 15 is 4.39 Å². The lowest BCUT2D eigenvalue weighted by atomic mass is 9.87. The molecule has 0 radical (unpaired) electrons. The van der Waals surface area contributed by atoms with Crippen LogP contribution in [0, 0.1) is 11.7 Å². The first-order valence-corrected chi connectivity index (χ1v) is 14.9. The van der Waals surface area contributed by atoms with Gasteiger partial charge >= 0.3 is 5.97 Å². The van der Waals surface area contributed by atoms with Gasteiger partial charge in [0.25, 0.3) is 5.91 Å². The van der Waals surface area contributed by atoms with E-state index in [4.69, 9.17) is 21.1 Å². The summed E-state index contributed by atoms with van der Waals surface area (Å²) in [6, 6.07) is 10.0. The van der Waals surface area contributed by atoms with Gasteiger partial charge in [0, 0.05) is 30.2 Å². The predicted molar refractivity (Wildman–Crippen MR) is 159 cm³/mol. The topological polar surface area (TPSA) is 89.9 Å². The Morgan fingerprint density at radius 3 is 2.55 bits per heavy atom. The number of methoxy groups -OCH3 is 1. The van der Waals surface area contributed by atoms with Crippen LogP contribution < -0.4 is 5.32 Å². The number of carbonyl (C=O) groups excluding carboxylic acids is 3. The minimum absolute atomic E-state index is 0.0129. The van der Waals surface area contributed by atoms with Gasteiger partial charge in [-0.25, -0.2) is 4.39 Å². The first kappa shape index (κ1) is 30.0. The Morgan fingerprint density at radius 1 is 1.07 bits per heavy atom. The lowest BCUT2D eigenvalue weighted by Crippen LogP contribution is -2.43. The van der Waals surface area contributed by atoms with E-state index in [2.05, 4.69) is 5.32 Å². The van der Waals surface area contributed by atoms with Crippen molar-refractivity contribution in [3.63, 3.8) is 0 Å². The molecule has 2 aromatic carbocycles. The molecule has 2 atom stereocenters. The van der Waals surface area contributed by atoms with Crippen LogP contribution >= 0.6 is 11.6 Å². The molecule has 2 aliphatic rings. The van der Waals surface area contributed by atoms with Gasteiger partial charge < -0.3 is 24.3 Å². The standard InChI is InChI=1S/C32H37ClFN3O5/c1-19-8-11-22(18-42-23-12-9-20(10-13-23)32(40)41-3)37(19)30(38)15-21-14-26(33)28(16-27(21)34)35-31(39)25-17-36(2)29-7-5-4-6-24(25)29/h4-7,14,16-17,19-20,22-23H,8-13,15,18H2,1-3H3,(H,35,39)/t19-,20-,22-,23-/m0/s1. The lowest BCUT2D eigenvalue weighted by Gasteiger charge is -2.32. The number of halogens is 2. The number of rotatable bonds is 8. The molecule has 1 saturated carbocycles. The van der Waals surface area contributed by atoms with Gasteiger partial charge in [0.15, 0.2) is 0 Å². The van der Waals surface area contributed by atoms with Crippen molar-refractivity contribution < 1.29 is 28.2 Å². The summed E-state index contributed by atoms with van der Waals surface area (Å²) >= 11 is 6.47. The molecule has 5 rings (SSSR count). The van der Waals surface area contributed by atoms with Crippen LogP contribution in [0.25, 0.3) is 10.9 Å².